The molecule has 2 atom stereocenters. The lowest BCUT2D eigenvalue weighted by Gasteiger charge is -2.27. The van der Waals surface area contributed by atoms with Crippen molar-refractivity contribution in [2.45, 2.75) is 39.0 Å². The highest BCUT2D eigenvalue weighted by Gasteiger charge is 2.58. The molecule has 2 rings (SSSR count). The van der Waals surface area contributed by atoms with Crippen molar-refractivity contribution in [1.29, 1.82) is 0 Å². The standard InChI is InChI=1S/C12H22N4O4/c1-3-5-13-9-10(16(8-18)11(13)19)14(6-4-2)12(20)15(9)7-17/h9-10,17-18H,3-8H2,1-2H3/t9-,10-/m0/s1. The molecule has 0 aromatic rings. The van der Waals surface area contributed by atoms with E-state index in [1.54, 1.807) is 9.80 Å². The van der Waals surface area contributed by atoms with Gasteiger partial charge in [0.05, 0.1) is 0 Å². The number of nitrogens with zero attached hydrogens (tertiary/aromatic N) is 4. The normalized spacial score (nSPS) is 26.0. The Morgan fingerprint density at radius 1 is 0.800 bits per heavy atom. The lowest BCUT2D eigenvalue weighted by Crippen LogP contribution is -2.47. The highest BCUT2D eigenvalue weighted by atomic mass is 16.3. The SMILES string of the molecule is CCCN1C(=O)N(CO)[C@H]2[C@@H]1N(CO)C(=O)N2CCC. The molecule has 8 nitrogen and oxygen atoms in total. The van der Waals surface area contributed by atoms with E-state index in [4.69, 9.17) is 0 Å². The minimum atomic E-state index is -0.529. The molecule has 0 aromatic heterocycles. The third kappa shape index (κ3) is 1.99. The van der Waals surface area contributed by atoms with Crippen LogP contribution in [0.2, 0.25) is 0 Å². The molecular formula is C12H22N4O4. The van der Waals surface area contributed by atoms with E-state index >= 15 is 0 Å². The minimum Gasteiger partial charge on any atom is -0.376 e. The van der Waals surface area contributed by atoms with Crippen LogP contribution in [0.3, 0.4) is 0 Å². The molecule has 20 heavy (non-hydrogen) atoms. The van der Waals surface area contributed by atoms with Crippen molar-refractivity contribution in [3.63, 3.8) is 0 Å². The average Bonchev–Trinajstić information content (AvgIpc) is 2.85. The van der Waals surface area contributed by atoms with Crippen LogP contribution in [0.4, 0.5) is 9.59 Å². The van der Waals surface area contributed by atoms with Gasteiger partial charge < -0.3 is 10.2 Å². The summed E-state index contributed by atoms with van der Waals surface area (Å²) in [5.74, 6) is 0. The summed E-state index contributed by atoms with van der Waals surface area (Å²) in [5, 5.41) is 18.9. The van der Waals surface area contributed by atoms with Gasteiger partial charge in [0.1, 0.15) is 13.5 Å². The molecule has 4 amide bonds. The predicted molar refractivity (Wildman–Crippen MR) is 70.2 cm³/mol. The first kappa shape index (κ1) is 14.9. The largest absolute Gasteiger partial charge is 0.376 e. The van der Waals surface area contributed by atoms with Crippen LogP contribution in [0, 0.1) is 0 Å². The number of amides is 4. The van der Waals surface area contributed by atoms with Crippen molar-refractivity contribution in [3.05, 3.63) is 0 Å². The number of rotatable bonds is 6. The first-order valence-electron chi connectivity index (χ1n) is 6.98. The quantitative estimate of drug-likeness (QED) is 0.710. The van der Waals surface area contributed by atoms with Crippen LogP contribution in [0.15, 0.2) is 0 Å². The number of aliphatic hydroxyl groups excluding tert-OH is 2. The van der Waals surface area contributed by atoms with Gasteiger partial charge in [0, 0.05) is 13.1 Å². The van der Waals surface area contributed by atoms with Crippen LogP contribution in [0.1, 0.15) is 26.7 Å². The Morgan fingerprint density at radius 3 is 1.40 bits per heavy atom. The van der Waals surface area contributed by atoms with E-state index in [0.29, 0.717) is 13.1 Å². The molecule has 0 unspecified atom stereocenters. The first-order valence-corrected chi connectivity index (χ1v) is 6.98. The van der Waals surface area contributed by atoms with Crippen LogP contribution in [0.5, 0.6) is 0 Å². The van der Waals surface area contributed by atoms with E-state index in [1.807, 2.05) is 13.8 Å². The second kappa shape index (κ2) is 5.84. The molecule has 0 aliphatic carbocycles. The van der Waals surface area contributed by atoms with Gasteiger partial charge in [0.15, 0.2) is 12.3 Å². The van der Waals surface area contributed by atoms with Gasteiger partial charge in [-0.05, 0) is 12.8 Å². The van der Waals surface area contributed by atoms with E-state index in [0.717, 1.165) is 12.8 Å². The molecule has 2 aliphatic heterocycles. The van der Waals surface area contributed by atoms with Gasteiger partial charge in [0.2, 0.25) is 0 Å². The van der Waals surface area contributed by atoms with Crippen molar-refractivity contribution in [3.8, 4) is 0 Å². The summed E-state index contributed by atoms with van der Waals surface area (Å²) in [5.41, 5.74) is 0. The lowest BCUT2D eigenvalue weighted by atomic mass is 10.3. The molecule has 0 bridgehead atoms. The van der Waals surface area contributed by atoms with Crippen LogP contribution in [0.25, 0.3) is 0 Å². The molecule has 2 fully saturated rings. The highest BCUT2D eigenvalue weighted by Crippen LogP contribution is 2.34. The Kier molecular flexibility index (Phi) is 4.34. The molecule has 0 aromatic carbocycles. The molecule has 0 saturated carbocycles. The van der Waals surface area contributed by atoms with E-state index in [-0.39, 0.29) is 12.1 Å². The minimum absolute atomic E-state index is 0.295. The molecule has 8 heteroatoms. The van der Waals surface area contributed by atoms with Crippen molar-refractivity contribution < 1.29 is 19.8 Å². The van der Waals surface area contributed by atoms with Crippen molar-refractivity contribution >= 4 is 12.1 Å². The van der Waals surface area contributed by atoms with Crippen molar-refractivity contribution in [2.24, 2.45) is 0 Å². The maximum atomic E-state index is 12.3. The fourth-order valence-electron chi connectivity index (χ4n) is 2.99. The number of urea groups is 2. The fraction of sp³-hybridized carbons (Fsp3) is 0.833. The molecular weight excluding hydrogens is 264 g/mol. The zero-order valence-corrected chi connectivity index (χ0v) is 11.9. The van der Waals surface area contributed by atoms with Crippen LogP contribution in [-0.4, -0.2) is 80.8 Å². The Labute approximate surface area is 118 Å². The summed E-state index contributed by atoms with van der Waals surface area (Å²) >= 11 is 0. The molecule has 2 aliphatic rings. The van der Waals surface area contributed by atoms with Gasteiger partial charge in [-0.25, -0.2) is 9.59 Å². The Hall–Kier alpha value is -1.54. The summed E-state index contributed by atoms with van der Waals surface area (Å²) in [6.07, 6.45) is 0.433. The number of fused-ring (bicyclic) bond motifs is 1. The van der Waals surface area contributed by atoms with E-state index in [2.05, 4.69) is 0 Å². The van der Waals surface area contributed by atoms with Crippen LogP contribution >= 0.6 is 0 Å². The lowest BCUT2D eigenvalue weighted by molar-refractivity contribution is 0.0484. The maximum Gasteiger partial charge on any atom is 0.325 e. The number of carbonyl (C=O) groups excluding carboxylic acids is 2. The van der Waals surface area contributed by atoms with E-state index in [1.165, 1.54) is 9.80 Å². The molecule has 2 heterocycles. The Balaban J connectivity index is 2.37. The Bertz CT molecular complexity index is 356. The van der Waals surface area contributed by atoms with Gasteiger partial charge in [0.25, 0.3) is 0 Å². The molecule has 2 saturated heterocycles. The van der Waals surface area contributed by atoms with Crippen molar-refractivity contribution in [2.75, 3.05) is 26.6 Å². The third-order valence-electron chi connectivity index (χ3n) is 3.76. The molecule has 0 radical (unpaired) electrons. The zero-order valence-electron chi connectivity index (χ0n) is 11.9. The average molecular weight is 286 g/mol. The first-order chi connectivity index (χ1) is 9.62. The summed E-state index contributed by atoms with van der Waals surface area (Å²) in [7, 11) is 0. The topological polar surface area (TPSA) is 87.6 Å². The molecule has 0 spiro atoms. The van der Waals surface area contributed by atoms with Gasteiger partial charge in [-0.1, -0.05) is 13.8 Å². The summed E-state index contributed by atoms with van der Waals surface area (Å²) < 4.78 is 0. The second-order valence-electron chi connectivity index (χ2n) is 5.00. The predicted octanol–water partition coefficient (Wildman–Crippen LogP) is -0.167. The van der Waals surface area contributed by atoms with Gasteiger partial charge >= 0.3 is 12.1 Å². The van der Waals surface area contributed by atoms with Crippen LogP contribution in [-0.2, 0) is 0 Å². The Morgan fingerprint density at radius 2 is 1.15 bits per heavy atom. The smallest absolute Gasteiger partial charge is 0.325 e. The molecule has 114 valence electrons. The van der Waals surface area contributed by atoms with Gasteiger partial charge in [-0.2, -0.15) is 0 Å². The third-order valence-corrected chi connectivity index (χ3v) is 3.76. The molecule has 2 N–H and O–H groups in total. The number of hydrogen-bond donors (Lipinski definition) is 2. The van der Waals surface area contributed by atoms with E-state index in [9.17, 15) is 19.8 Å². The summed E-state index contributed by atoms with van der Waals surface area (Å²) in [6.45, 7) is 3.97. The van der Waals surface area contributed by atoms with Gasteiger partial charge in [-0.15, -0.1) is 0 Å². The fourth-order valence-corrected chi connectivity index (χ4v) is 2.99. The second-order valence-corrected chi connectivity index (χ2v) is 5.00. The van der Waals surface area contributed by atoms with Gasteiger partial charge in [-0.3, -0.25) is 19.6 Å². The highest BCUT2D eigenvalue weighted by molar-refractivity contribution is 5.85. The maximum absolute atomic E-state index is 12.3. The summed E-state index contributed by atoms with van der Waals surface area (Å²) in [6, 6.07) is -0.590. The van der Waals surface area contributed by atoms with Crippen molar-refractivity contribution in [1.82, 2.24) is 19.6 Å². The zero-order chi connectivity index (χ0) is 14.9. The number of carbonyl (C=O) groups is 2. The monoisotopic (exact) mass is 286 g/mol. The summed E-state index contributed by atoms with van der Waals surface area (Å²) in [4.78, 5) is 30.3. The number of aliphatic hydroxyl groups is 2. The number of hydrogen-bond acceptors (Lipinski definition) is 4. The van der Waals surface area contributed by atoms with Crippen LogP contribution < -0.4 is 0 Å². The van der Waals surface area contributed by atoms with E-state index < -0.39 is 25.8 Å².